The summed E-state index contributed by atoms with van der Waals surface area (Å²) in [6.07, 6.45) is 1.90. The third-order valence-electron chi connectivity index (χ3n) is 5.16. The van der Waals surface area contributed by atoms with Crippen LogP contribution in [-0.4, -0.2) is 16.7 Å². The molecule has 3 nitrogen and oxygen atoms in total. The Bertz CT molecular complexity index is 1280. The van der Waals surface area contributed by atoms with E-state index in [0.717, 1.165) is 22.5 Å². The first-order chi connectivity index (χ1) is 12.8. The maximum Gasteiger partial charge on any atom is 0.119 e. The van der Waals surface area contributed by atoms with Crippen molar-refractivity contribution in [1.29, 1.82) is 0 Å². The molecule has 0 saturated heterocycles. The van der Waals surface area contributed by atoms with Crippen LogP contribution >= 0.6 is 0 Å². The van der Waals surface area contributed by atoms with Gasteiger partial charge in [0.25, 0.3) is 0 Å². The molecule has 5 aromatic rings. The summed E-state index contributed by atoms with van der Waals surface area (Å²) in [7, 11) is 3.81. The number of pyridine rings is 1. The van der Waals surface area contributed by atoms with E-state index in [9.17, 15) is 0 Å². The van der Waals surface area contributed by atoms with Crippen LogP contribution in [0.1, 0.15) is 0 Å². The maximum atomic E-state index is 5.43. The number of benzene rings is 3. The zero-order valence-corrected chi connectivity index (χ0v) is 14.7. The SMILES string of the molecule is COc1ccc2c(c1)c1ccnc(-c3cccc4ccccc34)c1n2C. The van der Waals surface area contributed by atoms with Crippen LogP contribution in [0.3, 0.4) is 0 Å². The predicted molar refractivity (Wildman–Crippen MR) is 108 cm³/mol. The highest BCUT2D eigenvalue weighted by molar-refractivity contribution is 6.14. The van der Waals surface area contributed by atoms with Gasteiger partial charge in [0.2, 0.25) is 0 Å². The van der Waals surface area contributed by atoms with Crippen molar-refractivity contribution < 1.29 is 4.74 Å². The van der Waals surface area contributed by atoms with Crippen LogP contribution in [0.25, 0.3) is 43.8 Å². The third-order valence-corrected chi connectivity index (χ3v) is 5.16. The fraction of sp³-hybridized carbons (Fsp3) is 0.0870. The quantitative estimate of drug-likeness (QED) is 0.421. The van der Waals surface area contributed by atoms with Gasteiger partial charge in [0.1, 0.15) is 5.75 Å². The normalized spacial score (nSPS) is 11.5. The Morgan fingerprint density at radius 2 is 1.69 bits per heavy atom. The molecule has 0 aliphatic carbocycles. The summed E-state index contributed by atoms with van der Waals surface area (Å²) in [5.41, 5.74) is 4.49. The van der Waals surface area contributed by atoms with Gasteiger partial charge < -0.3 is 9.30 Å². The van der Waals surface area contributed by atoms with Crippen LogP contribution in [0.2, 0.25) is 0 Å². The van der Waals surface area contributed by atoms with E-state index in [4.69, 9.17) is 9.72 Å². The van der Waals surface area contributed by atoms with Gasteiger partial charge in [-0.3, -0.25) is 4.98 Å². The molecule has 0 unspecified atom stereocenters. The zero-order valence-electron chi connectivity index (χ0n) is 14.7. The molecule has 2 aromatic heterocycles. The van der Waals surface area contributed by atoms with Gasteiger partial charge >= 0.3 is 0 Å². The molecule has 0 aliphatic heterocycles. The van der Waals surface area contributed by atoms with Gasteiger partial charge in [-0.05, 0) is 35.0 Å². The minimum Gasteiger partial charge on any atom is -0.497 e. The second-order valence-electron chi connectivity index (χ2n) is 6.52. The number of rotatable bonds is 2. The predicted octanol–water partition coefficient (Wildman–Crippen LogP) is 5.56. The summed E-state index contributed by atoms with van der Waals surface area (Å²) in [5.74, 6) is 0.869. The maximum absolute atomic E-state index is 5.43. The zero-order chi connectivity index (χ0) is 17.7. The lowest BCUT2D eigenvalue weighted by molar-refractivity contribution is 0.415. The lowest BCUT2D eigenvalue weighted by atomic mass is 10.0. The molecule has 0 spiro atoms. The lowest BCUT2D eigenvalue weighted by Gasteiger charge is -2.09. The van der Waals surface area contributed by atoms with Crippen LogP contribution in [-0.2, 0) is 7.05 Å². The van der Waals surface area contributed by atoms with Crippen molar-refractivity contribution in [1.82, 2.24) is 9.55 Å². The molecule has 5 rings (SSSR count). The smallest absolute Gasteiger partial charge is 0.119 e. The Morgan fingerprint density at radius 1 is 0.846 bits per heavy atom. The van der Waals surface area contributed by atoms with E-state index >= 15 is 0 Å². The minimum absolute atomic E-state index is 0.869. The van der Waals surface area contributed by atoms with Crippen LogP contribution in [0.5, 0.6) is 5.75 Å². The number of ether oxygens (including phenoxy) is 1. The van der Waals surface area contributed by atoms with E-state index in [1.807, 2.05) is 12.3 Å². The van der Waals surface area contributed by atoms with Crippen molar-refractivity contribution in [3.8, 4) is 17.0 Å². The minimum atomic E-state index is 0.869. The van der Waals surface area contributed by atoms with Gasteiger partial charge in [0.05, 0.1) is 18.3 Å². The average molecular weight is 338 g/mol. The first kappa shape index (κ1) is 15.0. The monoisotopic (exact) mass is 338 g/mol. The molecule has 0 aliphatic rings. The Hall–Kier alpha value is -3.33. The summed E-state index contributed by atoms with van der Waals surface area (Å²) in [4.78, 5) is 4.77. The second-order valence-corrected chi connectivity index (χ2v) is 6.52. The van der Waals surface area contributed by atoms with Gasteiger partial charge in [-0.15, -0.1) is 0 Å². The van der Waals surface area contributed by atoms with Crippen LogP contribution in [0.4, 0.5) is 0 Å². The number of aromatic nitrogens is 2. The van der Waals surface area contributed by atoms with Crippen molar-refractivity contribution in [2.45, 2.75) is 0 Å². The van der Waals surface area contributed by atoms with Crippen LogP contribution in [0, 0.1) is 0 Å². The number of hydrogen-bond acceptors (Lipinski definition) is 2. The van der Waals surface area contributed by atoms with Gasteiger partial charge in [-0.1, -0.05) is 42.5 Å². The first-order valence-corrected chi connectivity index (χ1v) is 8.67. The number of aryl methyl sites for hydroxylation is 1. The van der Waals surface area contributed by atoms with E-state index in [1.54, 1.807) is 7.11 Å². The average Bonchev–Trinajstić information content (AvgIpc) is 2.99. The van der Waals surface area contributed by atoms with Gasteiger partial charge in [-0.2, -0.15) is 0 Å². The molecule has 0 radical (unpaired) electrons. The molecule has 126 valence electrons. The van der Waals surface area contributed by atoms with E-state index in [1.165, 1.54) is 27.1 Å². The molecule has 3 heteroatoms. The Kier molecular flexibility index (Phi) is 3.22. The van der Waals surface area contributed by atoms with E-state index in [0.29, 0.717) is 0 Å². The summed E-state index contributed by atoms with van der Waals surface area (Å²) in [6, 6.07) is 23.2. The van der Waals surface area contributed by atoms with Crippen molar-refractivity contribution >= 4 is 32.6 Å². The highest BCUT2D eigenvalue weighted by Gasteiger charge is 2.16. The van der Waals surface area contributed by atoms with E-state index < -0.39 is 0 Å². The van der Waals surface area contributed by atoms with Gasteiger partial charge in [-0.25, -0.2) is 0 Å². The second kappa shape index (κ2) is 5.60. The Morgan fingerprint density at radius 3 is 2.58 bits per heavy atom. The highest BCUT2D eigenvalue weighted by atomic mass is 16.5. The van der Waals surface area contributed by atoms with Crippen molar-refractivity contribution in [3.63, 3.8) is 0 Å². The number of nitrogens with zero attached hydrogens (tertiary/aromatic N) is 2. The molecule has 0 N–H and O–H groups in total. The van der Waals surface area contributed by atoms with Gasteiger partial charge in [0, 0.05) is 35.1 Å². The molecule has 0 saturated carbocycles. The van der Waals surface area contributed by atoms with E-state index in [-0.39, 0.29) is 0 Å². The molecule has 26 heavy (non-hydrogen) atoms. The Balaban J connectivity index is 1.92. The number of hydrogen-bond donors (Lipinski definition) is 0. The van der Waals surface area contributed by atoms with Crippen molar-refractivity contribution in [2.24, 2.45) is 7.05 Å². The molecule has 0 amide bonds. The van der Waals surface area contributed by atoms with Crippen LogP contribution < -0.4 is 4.74 Å². The summed E-state index contributed by atoms with van der Waals surface area (Å²) in [6.45, 7) is 0. The third kappa shape index (κ3) is 2.04. The molecule has 0 fully saturated rings. The standard InChI is InChI=1S/C23H18N2O/c1-25-21-11-10-16(26-2)14-20(21)19-12-13-24-22(23(19)25)18-9-5-7-15-6-3-4-8-17(15)18/h3-14H,1-2H3. The molecular weight excluding hydrogens is 320 g/mol. The molecule has 2 heterocycles. The Labute approximate surface area is 151 Å². The van der Waals surface area contributed by atoms with Gasteiger partial charge in [0.15, 0.2) is 0 Å². The number of methoxy groups -OCH3 is 1. The summed E-state index contributed by atoms with van der Waals surface area (Å²) >= 11 is 0. The molecular formula is C23H18N2O. The van der Waals surface area contributed by atoms with Crippen molar-refractivity contribution in [3.05, 3.63) is 72.9 Å². The topological polar surface area (TPSA) is 27.1 Å². The highest BCUT2D eigenvalue weighted by Crippen LogP contribution is 2.37. The summed E-state index contributed by atoms with van der Waals surface area (Å²) < 4.78 is 7.66. The molecule has 0 bridgehead atoms. The van der Waals surface area contributed by atoms with Crippen molar-refractivity contribution in [2.75, 3.05) is 7.11 Å². The lowest BCUT2D eigenvalue weighted by Crippen LogP contribution is -1.93. The largest absolute Gasteiger partial charge is 0.497 e. The van der Waals surface area contributed by atoms with E-state index in [2.05, 4.69) is 72.3 Å². The fourth-order valence-corrected chi connectivity index (χ4v) is 3.91. The van der Waals surface area contributed by atoms with Crippen LogP contribution in [0.15, 0.2) is 72.9 Å². The number of fused-ring (bicyclic) bond motifs is 4. The summed E-state index contributed by atoms with van der Waals surface area (Å²) in [5, 5.41) is 4.83. The first-order valence-electron chi connectivity index (χ1n) is 8.67. The fourth-order valence-electron chi connectivity index (χ4n) is 3.91. The molecule has 3 aromatic carbocycles. The molecule has 0 atom stereocenters.